The molecule has 0 N–H and O–H groups in total. The van der Waals surface area contributed by atoms with Crippen LogP contribution in [0.25, 0.3) is 16.3 Å². The Labute approximate surface area is 171 Å². The predicted octanol–water partition coefficient (Wildman–Crippen LogP) is 5.56. The summed E-state index contributed by atoms with van der Waals surface area (Å²) < 4.78 is 1.09. The van der Waals surface area contributed by atoms with Gasteiger partial charge in [0.15, 0.2) is 5.13 Å². The van der Waals surface area contributed by atoms with Crippen LogP contribution in [0, 0.1) is 0 Å². The summed E-state index contributed by atoms with van der Waals surface area (Å²) in [5, 5.41) is 2.69. The molecular formula is C22H19N3OS2. The molecule has 0 saturated carbocycles. The summed E-state index contributed by atoms with van der Waals surface area (Å²) in [6.07, 6.45) is 6.12. The Hall–Kier alpha value is -2.83. The molecule has 0 spiro atoms. The molecule has 3 heterocycles. The van der Waals surface area contributed by atoms with Crippen molar-refractivity contribution < 1.29 is 4.79 Å². The van der Waals surface area contributed by atoms with Gasteiger partial charge in [0.2, 0.25) is 0 Å². The number of hydrogen-bond acceptors (Lipinski definition) is 5. The first-order valence-corrected chi connectivity index (χ1v) is 10.8. The topological polar surface area (TPSA) is 46.1 Å². The number of thiazole rings is 1. The number of para-hydroxylation sites is 1. The van der Waals surface area contributed by atoms with Crippen LogP contribution < -0.4 is 4.90 Å². The lowest BCUT2D eigenvalue weighted by Gasteiger charge is -2.17. The maximum absolute atomic E-state index is 13.1. The minimum absolute atomic E-state index is 0.101. The molecule has 4 rings (SSSR count). The van der Waals surface area contributed by atoms with E-state index in [2.05, 4.69) is 24.0 Å². The van der Waals surface area contributed by atoms with Crippen molar-refractivity contribution in [1.29, 1.82) is 0 Å². The van der Waals surface area contributed by atoms with E-state index >= 15 is 0 Å². The Bertz CT molecular complexity index is 1100. The van der Waals surface area contributed by atoms with E-state index in [9.17, 15) is 4.79 Å². The van der Waals surface area contributed by atoms with Crippen LogP contribution in [0.3, 0.4) is 0 Å². The van der Waals surface area contributed by atoms with Crippen molar-refractivity contribution in [3.05, 3.63) is 82.3 Å². The van der Waals surface area contributed by atoms with E-state index < -0.39 is 0 Å². The number of aromatic nitrogens is 2. The normalized spacial score (nSPS) is 11.3. The van der Waals surface area contributed by atoms with Crippen LogP contribution in [0.1, 0.15) is 23.1 Å². The van der Waals surface area contributed by atoms with Gasteiger partial charge in [0.1, 0.15) is 0 Å². The van der Waals surface area contributed by atoms with Crippen molar-refractivity contribution in [2.24, 2.45) is 0 Å². The van der Waals surface area contributed by atoms with E-state index in [1.54, 1.807) is 39.8 Å². The van der Waals surface area contributed by atoms with Crippen LogP contribution in [0.4, 0.5) is 5.13 Å². The number of carbonyl (C=O) groups is 1. The van der Waals surface area contributed by atoms with E-state index in [0.29, 0.717) is 11.7 Å². The summed E-state index contributed by atoms with van der Waals surface area (Å²) in [6, 6.07) is 15.9. The van der Waals surface area contributed by atoms with E-state index in [4.69, 9.17) is 4.98 Å². The lowest BCUT2D eigenvalue weighted by atomic mass is 10.1. The maximum Gasteiger partial charge on any atom is 0.253 e. The van der Waals surface area contributed by atoms with Crippen molar-refractivity contribution in [3.63, 3.8) is 0 Å². The molecule has 6 heteroatoms. The highest BCUT2D eigenvalue weighted by Crippen LogP contribution is 2.32. The Morgan fingerprint density at radius 3 is 2.82 bits per heavy atom. The summed E-state index contributed by atoms with van der Waals surface area (Å²) in [5.41, 5.74) is 3.00. The van der Waals surface area contributed by atoms with Gasteiger partial charge in [-0.25, -0.2) is 4.98 Å². The summed E-state index contributed by atoms with van der Waals surface area (Å²) in [4.78, 5) is 25.0. The molecule has 0 aliphatic rings. The summed E-state index contributed by atoms with van der Waals surface area (Å²) in [5.74, 6) is -0.101. The molecule has 0 aliphatic heterocycles. The number of amides is 1. The number of thiophene rings is 1. The molecule has 0 aliphatic carbocycles. The fraction of sp³-hybridized carbons (Fsp3) is 0.136. The summed E-state index contributed by atoms with van der Waals surface area (Å²) in [7, 11) is 0. The fourth-order valence-corrected chi connectivity index (χ4v) is 4.55. The fourth-order valence-electron chi connectivity index (χ4n) is 2.92. The van der Waals surface area contributed by atoms with Gasteiger partial charge in [-0.2, -0.15) is 0 Å². The molecule has 0 unspecified atom stereocenters. The van der Waals surface area contributed by atoms with Crippen LogP contribution in [0.15, 0.2) is 66.2 Å². The molecule has 1 amide bonds. The van der Waals surface area contributed by atoms with Crippen LogP contribution in [-0.4, -0.2) is 15.9 Å². The average molecular weight is 406 g/mol. The number of aryl methyl sites for hydroxylation is 1. The molecule has 0 atom stereocenters. The van der Waals surface area contributed by atoms with Crippen LogP contribution in [-0.2, 0) is 17.8 Å². The number of anilines is 1. The van der Waals surface area contributed by atoms with Crippen molar-refractivity contribution >= 4 is 50.0 Å². The predicted molar refractivity (Wildman–Crippen MR) is 118 cm³/mol. The zero-order valence-corrected chi connectivity index (χ0v) is 17.0. The molecule has 0 bridgehead atoms. The average Bonchev–Trinajstić information content (AvgIpc) is 3.40. The zero-order valence-electron chi connectivity index (χ0n) is 15.4. The van der Waals surface area contributed by atoms with Gasteiger partial charge in [-0.1, -0.05) is 42.5 Å². The highest BCUT2D eigenvalue weighted by Gasteiger charge is 2.19. The smallest absolute Gasteiger partial charge is 0.253 e. The summed E-state index contributed by atoms with van der Waals surface area (Å²) in [6.45, 7) is 2.50. The zero-order chi connectivity index (χ0) is 19.3. The number of fused-ring (bicyclic) bond motifs is 1. The van der Waals surface area contributed by atoms with Gasteiger partial charge in [-0.05, 0) is 47.7 Å². The monoisotopic (exact) mass is 405 g/mol. The number of rotatable bonds is 6. The van der Waals surface area contributed by atoms with E-state index in [-0.39, 0.29) is 5.91 Å². The molecule has 3 aromatic heterocycles. The third kappa shape index (κ3) is 4.03. The molecule has 4 aromatic rings. The molecule has 4 nitrogen and oxygen atoms in total. The lowest BCUT2D eigenvalue weighted by molar-refractivity contribution is -0.114. The molecular weight excluding hydrogens is 386 g/mol. The lowest BCUT2D eigenvalue weighted by Crippen LogP contribution is -2.29. The minimum Gasteiger partial charge on any atom is -0.278 e. The molecule has 140 valence electrons. The highest BCUT2D eigenvalue weighted by molar-refractivity contribution is 7.22. The van der Waals surface area contributed by atoms with Gasteiger partial charge >= 0.3 is 0 Å². The first-order valence-electron chi connectivity index (χ1n) is 9.06. The quantitative estimate of drug-likeness (QED) is 0.394. The van der Waals surface area contributed by atoms with Gasteiger partial charge in [0, 0.05) is 17.2 Å². The molecule has 1 aromatic carbocycles. The second-order valence-electron chi connectivity index (χ2n) is 6.21. The van der Waals surface area contributed by atoms with Crippen molar-refractivity contribution in [1.82, 2.24) is 9.97 Å². The molecule has 0 fully saturated rings. The Morgan fingerprint density at radius 1 is 1.14 bits per heavy atom. The number of benzene rings is 1. The Balaban J connectivity index is 1.71. The minimum atomic E-state index is -0.101. The standard InChI is InChI=1S/C22H19N3OS2/c1-2-16-7-5-10-19-21(16)24-22(28-19)25(15-17-8-3-4-13-23-17)20(26)12-11-18-9-6-14-27-18/h3-14H,2,15H2,1H3/b12-11+. The van der Waals surface area contributed by atoms with Crippen LogP contribution in [0.5, 0.6) is 0 Å². The van der Waals surface area contributed by atoms with Gasteiger partial charge in [0.25, 0.3) is 5.91 Å². The van der Waals surface area contributed by atoms with Gasteiger partial charge in [-0.15, -0.1) is 11.3 Å². The molecule has 28 heavy (non-hydrogen) atoms. The molecule has 0 saturated heterocycles. The maximum atomic E-state index is 13.1. The Morgan fingerprint density at radius 2 is 2.07 bits per heavy atom. The summed E-state index contributed by atoms with van der Waals surface area (Å²) >= 11 is 3.14. The SMILES string of the molecule is CCc1cccc2sc(N(Cc3ccccn3)C(=O)/C=C/c3cccs3)nc12. The number of nitrogens with zero attached hydrogens (tertiary/aromatic N) is 3. The second-order valence-corrected chi connectivity index (χ2v) is 8.20. The van der Waals surface area contributed by atoms with Gasteiger partial charge < -0.3 is 0 Å². The largest absolute Gasteiger partial charge is 0.278 e. The Kier molecular flexibility index (Phi) is 5.60. The van der Waals surface area contributed by atoms with E-state index in [1.165, 1.54) is 5.56 Å². The number of hydrogen-bond donors (Lipinski definition) is 0. The first kappa shape index (κ1) is 18.5. The van der Waals surface area contributed by atoms with Crippen molar-refractivity contribution in [2.45, 2.75) is 19.9 Å². The van der Waals surface area contributed by atoms with Crippen LogP contribution in [0.2, 0.25) is 0 Å². The third-order valence-corrected chi connectivity index (χ3v) is 6.23. The highest BCUT2D eigenvalue weighted by atomic mass is 32.1. The van der Waals surface area contributed by atoms with Crippen molar-refractivity contribution in [3.8, 4) is 0 Å². The van der Waals surface area contributed by atoms with E-state index in [1.807, 2.05) is 47.9 Å². The second kappa shape index (κ2) is 8.46. The van der Waals surface area contributed by atoms with Crippen molar-refractivity contribution in [2.75, 3.05) is 4.90 Å². The van der Waals surface area contributed by atoms with Crippen LogP contribution >= 0.6 is 22.7 Å². The number of carbonyl (C=O) groups excluding carboxylic acids is 1. The number of pyridine rings is 1. The third-order valence-electron chi connectivity index (χ3n) is 4.35. The van der Waals surface area contributed by atoms with E-state index in [0.717, 1.165) is 27.2 Å². The van der Waals surface area contributed by atoms with Gasteiger partial charge in [-0.3, -0.25) is 14.7 Å². The molecule has 0 radical (unpaired) electrons. The van der Waals surface area contributed by atoms with Gasteiger partial charge in [0.05, 0.1) is 22.5 Å². The first-order chi connectivity index (χ1) is 13.7.